The zero-order chi connectivity index (χ0) is 17.4. The summed E-state index contributed by atoms with van der Waals surface area (Å²) in [6.45, 7) is 4.64. The second kappa shape index (κ2) is 9.03. The lowest BCUT2D eigenvalue weighted by molar-refractivity contribution is -0.115. The maximum atomic E-state index is 13.5. The predicted molar refractivity (Wildman–Crippen MR) is 93.8 cm³/mol. The van der Waals surface area contributed by atoms with Crippen LogP contribution in [0.5, 0.6) is 5.75 Å². The van der Waals surface area contributed by atoms with E-state index in [0.717, 1.165) is 5.75 Å². The summed E-state index contributed by atoms with van der Waals surface area (Å²) in [6, 6.07) is 13.9. The molecule has 0 bridgehead atoms. The van der Waals surface area contributed by atoms with E-state index in [1.54, 1.807) is 30.3 Å². The Morgan fingerprint density at radius 1 is 1.12 bits per heavy atom. The monoisotopic (exact) mass is 330 g/mol. The lowest BCUT2D eigenvalue weighted by Gasteiger charge is -2.11. The molecule has 2 N–H and O–H groups in total. The quantitative estimate of drug-likeness (QED) is 0.730. The van der Waals surface area contributed by atoms with Crippen molar-refractivity contribution < 1.29 is 13.9 Å². The molecule has 0 aliphatic carbocycles. The first kappa shape index (κ1) is 17.9. The van der Waals surface area contributed by atoms with Crippen LogP contribution >= 0.6 is 0 Å². The summed E-state index contributed by atoms with van der Waals surface area (Å²) in [5.41, 5.74) is 1.36. The number of carbonyl (C=O) groups excluding carboxylic acids is 1. The van der Waals surface area contributed by atoms with Crippen molar-refractivity contribution in [1.29, 1.82) is 0 Å². The number of nitrogens with one attached hydrogen (secondary N) is 2. The van der Waals surface area contributed by atoms with E-state index in [1.165, 1.54) is 6.07 Å². The summed E-state index contributed by atoms with van der Waals surface area (Å²) in [5.74, 6) is 0.416. The molecule has 0 unspecified atom stereocenters. The molecule has 4 nitrogen and oxygen atoms in total. The molecular formula is C19H23FN2O2. The summed E-state index contributed by atoms with van der Waals surface area (Å²) >= 11 is 0. The fourth-order valence-electron chi connectivity index (χ4n) is 2.22. The SMILES string of the molecule is CC(C)Oc1ccc(NC(=O)CNCCc2ccccc2F)cc1. The highest BCUT2D eigenvalue weighted by Crippen LogP contribution is 2.16. The molecule has 0 spiro atoms. The summed E-state index contributed by atoms with van der Waals surface area (Å²) in [4.78, 5) is 11.9. The molecule has 0 aliphatic rings. The minimum atomic E-state index is -0.215. The molecule has 0 heterocycles. The van der Waals surface area contributed by atoms with Gasteiger partial charge in [-0.2, -0.15) is 0 Å². The Labute approximate surface area is 142 Å². The maximum Gasteiger partial charge on any atom is 0.238 e. The Morgan fingerprint density at radius 3 is 2.50 bits per heavy atom. The van der Waals surface area contributed by atoms with Crippen molar-refractivity contribution in [2.45, 2.75) is 26.4 Å². The zero-order valence-corrected chi connectivity index (χ0v) is 14.0. The minimum Gasteiger partial charge on any atom is -0.491 e. The summed E-state index contributed by atoms with van der Waals surface area (Å²) in [5, 5.41) is 5.82. The van der Waals surface area contributed by atoms with Gasteiger partial charge in [-0.25, -0.2) is 4.39 Å². The molecule has 128 valence electrons. The lowest BCUT2D eigenvalue weighted by Crippen LogP contribution is -2.29. The van der Waals surface area contributed by atoms with Crippen LogP contribution in [-0.4, -0.2) is 25.1 Å². The predicted octanol–water partition coefficient (Wildman–Crippen LogP) is 3.38. The van der Waals surface area contributed by atoms with Gasteiger partial charge in [-0.05, 0) is 62.7 Å². The molecule has 0 fully saturated rings. The van der Waals surface area contributed by atoms with Gasteiger partial charge in [-0.3, -0.25) is 4.79 Å². The van der Waals surface area contributed by atoms with E-state index < -0.39 is 0 Å². The summed E-state index contributed by atoms with van der Waals surface area (Å²) in [6.07, 6.45) is 0.658. The van der Waals surface area contributed by atoms with Gasteiger partial charge in [-0.1, -0.05) is 18.2 Å². The third kappa shape index (κ3) is 6.01. The molecule has 5 heteroatoms. The van der Waals surface area contributed by atoms with Crippen molar-refractivity contribution >= 4 is 11.6 Å². The molecular weight excluding hydrogens is 307 g/mol. The van der Waals surface area contributed by atoms with E-state index in [4.69, 9.17) is 4.74 Å². The number of carbonyl (C=O) groups is 1. The van der Waals surface area contributed by atoms with E-state index in [1.807, 2.05) is 26.0 Å². The average Bonchev–Trinajstić information content (AvgIpc) is 2.54. The Kier molecular flexibility index (Phi) is 6.75. The third-order valence-electron chi connectivity index (χ3n) is 3.32. The largest absolute Gasteiger partial charge is 0.491 e. The van der Waals surface area contributed by atoms with Gasteiger partial charge in [0, 0.05) is 5.69 Å². The van der Waals surface area contributed by atoms with Crippen molar-refractivity contribution in [3.05, 3.63) is 59.9 Å². The number of amides is 1. The number of hydrogen-bond acceptors (Lipinski definition) is 3. The van der Waals surface area contributed by atoms with Gasteiger partial charge in [0.25, 0.3) is 0 Å². The van der Waals surface area contributed by atoms with Crippen LogP contribution in [0.2, 0.25) is 0 Å². The molecule has 0 radical (unpaired) electrons. The fourth-order valence-corrected chi connectivity index (χ4v) is 2.22. The van der Waals surface area contributed by atoms with E-state index in [2.05, 4.69) is 10.6 Å². The van der Waals surface area contributed by atoms with Crippen LogP contribution in [0, 0.1) is 5.82 Å². The molecule has 0 aliphatic heterocycles. The van der Waals surface area contributed by atoms with Crippen LogP contribution < -0.4 is 15.4 Å². The number of benzene rings is 2. The summed E-state index contributed by atoms with van der Waals surface area (Å²) < 4.78 is 19.0. The van der Waals surface area contributed by atoms with Gasteiger partial charge in [0.2, 0.25) is 5.91 Å². The van der Waals surface area contributed by atoms with Crippen molar-refractivity contribution in [1.82, 2.24) is 5.32 Å². The number of ether oxygens (including phenoxy) is 1. The molecule has 0 aromatic heterocycles. The van der Waals surface area contributed by atoms with E-state index in [0.29, 0.717) is 24.2 Å². The van der Waals surface area contributed by atoms with Crippen LogP contribution in [0.3, 0.4) is 0 Å². The second-order valence-electron chi connectivity index (χ2n) is 5.76. The number of halogens is 1. The average molecular weight is 330 g/mol. The normalized spacial score (nSPS) is 10.7. The molecule has 0 atom stereocenters. The Morgan fingerprint density at radius 2 is 1.83 bits per heavy atom. The first-order valence-electron chi connectivity index (χ1n) is 8.05. The highest BCUT2D eigenvalue weighted by atomic mass is 19.1. The molecule has 0 saturated heterocycles. The standard InChI is InChI=1S/C19H23FN2O2/c1-14(2)24-17-9-7-16(8-10-17)22-19(23)13-21-12-11-15-5-3-4-6-18(15)20/h3-10,14,21H,11-13H2,1-2H3,(H,22,23). The van der Waals surface area contributed by atoms with Crippen LogP contribution in [0.25, 0.3) is 0 Å². The topological polar surface area (TPSA) is 50.4 Å². The third-order valence-corrected chi connectivity index (χ3v) is 3.32. The molecule has 1 amide bonds. The first-order valence-corrected chi connectivity index (χ1v) is 8.05. The Balaban J connectivity index is 1.70. The Hall–Kier alpha value is -2.40. The highest BCUT2D eigenvalue weighted by Gasteiger charge is 2.04. The number of hydrogen-bond donors (Lipinski definition) is 2. The van der Waals surface area contributed by atoms with E-state index >= 15 is 0 Å². The smallest absolute Gasteiger partial charge is 0.238 e. The van der Waals surface area contributed by atoms with Crippen molar-refractivity contribution in [3.63, 3.8) is 0 Å². The van der Waals surface area contributed by atoms with Gasteiger partial charge in [-0.15, -0.1) is 0 Å². The number of rotatable bonds is 8. The molecule has 2 rings (SSSR count). The van der Waals surface area contributed by atoms with Gasteiger partial charge in [0.15, 0.2) is 0 Å². The minimum absolute atomic E-state index is 0.115. The van der Waals surface area contributed by atoms with Crippen LogP contribution in [0.15, 0.2) is 48.5 Å². The van der Waals surface area contributed by atoms with Gasteiger partial charge in [0.05, 0.1) is 12.6 Å². The van der Waals surface area contributed by atoms with Gasteiger partial charge >= 0.3 is 0 Å². The Bertz CT molecular complexity index is 657. The van der Waals surface area contributed by atoms with Crippen molar-refractivity contribution in [3.8, 4) is 5.75 Å². The maximum absolute atomic E-state index is 13.5. The van der Waals surface area contributed by atoms with Crippen LogP contribution in [-0.2, 0) is 11.2 Å². The molecule has 2 aromatic rings. The van der Waals surface area contributed by atoms with E-state index in [9.17, 15) is 9.18 Å². The van der Waals surface area contributed by atoms with Crippen molar-refractivity contribution in [2.75, 3.05) is 18.4 Å². The first-order chi connectivity index (χ1) is 11.5. The zero-order valence-electron chi connectivity index (χ0n) is 14.0. The molecule has 24 heavy (non-hydrogen) atoms. The van der Waals surface area contributed by atoms with Crippen LogP contribution in [0.1, 0.15) is 19.4 Å². The lowest BCUT2D eigenvalue weighted by atomic mass is 10.1. The van der Waals surface area contributed by atoms with Crippen LogP contribution in [0.4, 0.5) is 10.1 Å². The van der Waals surface area contributed by atoms with Gasteiger partial charge < -0.3 is 15.4 Å². The van der Waals surface area contributed by atoms with E-state index in [-0.39, 0.29) is 24.4 Å². The molecule has 0 saturated carbocycles. The highest BCUT2D eigenvalue weighted by molar-refractivity contribution is 5.92. The van der Waals surface area contributed by atoms with Crippen molar-refractivity contribution in [2.24, 2.45) is 0 Å². The van der Waals surface area contributed by atoms with Gasteiger partial charge in [0.1, 0.15) is 11.6 Å². The second-order valence-corrected chi connectivity index (χ2v) is 5.76. The molecule has 2 aromatic carbocycles. The summed E-state index contributed by atoms with van der Waals surface area (Å²) in [7, 11) is 0. The fraction of sp³-hybridized carbons (Fsp3) is 0.316. The number of anilines is 1.